The molecule has 2 aromatic rings. The van der Waals surface area contributed by atoms with Crippen LogP contribution in [0.5, 0.6) is 5.75 Å². The second-order valence-electron chi connectivity index (χ2n) is 16.0. The van der Waals surface area contributed by atoms with Gasteiger partial charge in [0.15, 0.2) is 0 Å². The molecule has 8 amide bonds. The van der Waals surface area contributed by atoms with Crippen LogP contribution < -0.4 is 42.0 Å². The number of aliphatic hydroxyl groups is 2. The minimum Gasteiger partial charge on any atom is -0.497 e. The fraction of sp³-hybridized carbons (Fsp3) is 0.575. The van der Waals surface area contributed by atoms with Crippen LogP contribution >= 0.6 is 11.8 Å². The number of aliphatic carboxylic acids is 1. The van der Waals surface area contributed by atoms with E-state index in [4.69, 9.17) is 4.74 Å². The Balaban J connectivity index is 1.70. The second-order valence-corrected chi connectivity index (χ2v) is 17.1. The number of aromatic amines is 1. The number of amides is 8. The van der Waals surface area contributed by atoms with Crippen molar-refractivity contribution in [2.45, 2.75) is 107 Å². The summed E-state index contributed by atoms with van der Waals surface area (Å²) in [7, 11) is 1.46. The van der Waals surface area contributed by atoms with Crippen molar-refractivity contribution in [3.63, 3.8) is 0 Å². The number of carboxylic acids is 1. The van der Waals surface area contributed by atoms with Crippen LogP contribution in [-0.2, 0) is 49.6 Å². The predicted molar refractivity (Wildman–Crippen MR) is 224 cm³/mol. The second kappa shape index (κ2) is 21.0. The fourth-order valence-electron chi connectivity index (χ4n) is 7.54. The van der Waals surface area contributed by atoms with Gasteiger partial charge in [-0.15, -0.1) is 11.8 Å². The van der Waals surface area contributed by atoms with Gasteiger partial charge in [0, 0.05) is 42.5 Å². The van der Waals surface area contributed by atoms with Gasteiger partial charge in [-0.05, 0) is 30.5 Å². The summed E-state index contributed by atoms with van der Waals surface area (Å²) < 4.78 is 5.41. The predicted octanol–water partition coefficient (Wildman–Crippen LogP) is -3.01. The van der Waals surface area contributed by atoms with Gasteiger partial charge in [-0.1, -0.05) is 27.2 Å². The van der Waals surface area contributed by atoms with Crippen LogP contribution in [0.25, 0.3) is 10.9 Å². The molecule has 0 saturated carbocycles. The molecule has 344 valence electrons. The van der Waals surface area contributed by atoms with Gasteiger partial charge in [-0.25, -0.2) is 0 Å². The molecule has 11 N–H and O–H groups in total. The molecule has 63 heavy (non-hydrogen) atoms. The first-order valence-corrected chi connectivity index (χ1v) is 21.5. The average Bonchev–Trinajstić information content (AvgIpc) is 3.81. The minimum absolute atomic E-state index is 0.267. The SMILES string of the molecule is CC[C@H](C)[C@@H]1NC(=O)CNC(=O)[C@@H]2Cc3c([nH]c4cc(OC)ccc34)SC[C@@H](NC(=O)CNC1=O)C(=O)NC(CC(=O)O)C(=O)N1C[C@H](O)CC1C(=O)N[C@@H]([C@@H](C)[C@H](C)O)C(=O)N2. The molecule has 1 aromatic carbocycles. The molecule has 22 nitrogen and oxygen atoms in total. The van der Waals surface area contributed by atoms with E-state index in [0.717, 1.165) is 16.7 Å². The van der Waals surface area contributed by atoms with Crippen LogP contribution in [0.15, 0.2) is 23.2 Å². The highest BCUT2D eigenvalue weighted by Crippen LogP contribution is 2.34. The van der Waals surface area contributed by atoms with Crippen molar-refractivity contribution in [3.8, 4) is 5.75 Å². The minimum atomic E-state index is -1.82. The van der Waals surface area contributed by atoms with Crippen LogP contribution in [0.1, 0.15) is 52.5 Å². The Kier molecular flexibility index (Phi) is 16.0. The number of thioether (sulfide) groups is 1. The molecule has 3 aliphatic rings. The molecule has 5 rings (SSSR count). The lowest BCUT2D eigenvalue weighted by molar-refractivity contribution is -0.146. The van der Waals surface area contributed by atoms with Gasteiger partial charge in [0.25, 0.3) is 0 Å². The summed E-state index contributed by atoms with van der Waals surface area (Å²) in [6.07, 6.45) is -3.67. The van der Waals surface area contributed by atoms with Gasteiger partial charge in [-0.2, -0.15) is 0 Å². The highest BCUT2D eigenvalue weighted by Gasteiger charge is 2.44. The molecule has 4 heterocycles. The zero-order valence-corrected chi connectivity index (χ0v) is 36.3. The summed E-state index contributed by atoms with van der Waals surface area (Å²) in [6, 6.07) is -4.05. The van der Waals surface area contributed by atoms with Crippen molar-refractivity contribution in [1.29, 1.82) is 0 Å². The third-order valence-electron chi connectivity index (χ3n) is 11.5. The van der Waals surface area contributed by atoms with Crippen molar-refractivity contribution >= 4 is 75.9 Å². The van der Waals surface area contributed by atoms with Crippen LogP contribution in [0.2, 0.25) is 0 Å². The molecule has 1 saturated heterocycles. The van der Waals surface area contributed by atoms with Gasteiger partial charge in [0.05, 0.1) is 49.4 Å². The van der Waals surface area contributed by atoms with E-state index in [1.54, 1.807) is 32.0 Å². The summed E-state index contributed by atoms with van der Waals surface area (Å²) in [5.74, 6) is -10.0. The normalized spacial score (nSPS) is 27.5. The summed E-state index contributed by atoms with van der Waals surface area (Å²) in [4.78, 5) is 128. The van der Waals surface area contributed by atoms with E-state index in [2.05, 4.69) is 42.2 Å². The van der Waals surface area contributed by atoms with E-state index in [1.807, 2.05) is 0 Å². The van der Waals surface area contributed by atoms with Crippen molar-refractivity contribution in [1.82, 2.24) is 47.1 Å². The summed E-state index contributed by atoms with van der Waals surface area (Å²) in [6.45, 7) is 4.53. The van der Waals surface area contributed by atoms with Gasteiger partial charge in [0.1, 0.15) is 42.0 Å². The zero-order chi connectivity index (χ0) is 46.3. The number of aliphatic hydroxyl groups excluding tert-OH is 2. The van der Waals surface area contributed by atoms with Crippen LogP contribution in [0, 0.1) is 11.8 Å². The molecular weight excluding hydrogens is 847 g/mol. The average molecular weight is 902 g/mol. The third kappa shape index (κ3) is 11.8. The van der Waals surface area contributed by atoms with E-state index in [1.165, 1.54) is 21.0 Å². The smallest absolute Gasteiger partial charge is 0.305 e. The highest BCUT2D eigenvalue weighted by atomic mass is 32.2. The number of nitrogens with zero attached hydrogens (tertiary/aromatic N) is 1. The molecule has 0 aliphatic carbocycles. The standard InChI is InChI=1S/C40H55N9O13S/c1-6-17(2)32-37(59)42-13-29(52)43-27-16-63-39-23(22-8-7-21(62-5)10-24(22)46-39)11-25(34(56)41-14-30(53)47-32)44-38(60)33(18(3)19(4)50)48-36(58)28-9-20(51)15-49(28)40(61)26(12-31(54)55)45-35(27)57/h7-8,10,17-20,25-28,32-33,46,50-51H,6,9,11-16H2,1-5H3,(H,41,56)(H,42,59)(H,43,52)(H,44,60)(H,45,57)(H,47,53)(H,48,58)(H,54,55)/t17-,18-,19-,20+,25-,26?,27+,28?,32-,33-/m0/s1. The zero-order valence-electron chi connectivity index (χ0n) is 35.4. The molecule has 1 fully saturated rings. The number of aromatic nitrogens is 1. The summed E-state index contributed by atoms with van der Waals surface area (Å²) in [5.41, 5.74) is 0.929. The molecule has 23 heteroatoms. The Morgan fingerprint density at radius 3 is 2.19 bits per heavy atom. The Morgan fingerprint density at radius 2 is 1.54 bits per heavy atom. The van der Waals surface area contributed by atoms with E-state index in [0.29, 0.717) is 33.7 Å². The van der Waals surface area contributed by atoms with Crippen LogP contribution in [-0.4, -0.2) is 159 Å². The number of ether oxygens (including phenoxy) is 1. The number of rotatable bonds is 7. The first kappa shape index (κ1) is 48.1. The highest BCUT2D eigenvalue weighted by molar-refractivity contribution is 7.99. The number of benzene rings is 1. The lowest BCUT2D eigenvalue weighted by Gasteiger charge is -2.32. The van der Waals surface area contributed by atoms with Gasteiger partial charge in [0.2, 0.25) is 47.3 Å². The Hall–Kier alpha value is -5.94. The van der Waals surface area contributed by atoms with Gasteiger partial charge < -0.3 is 67.2 Å². The molecule has 2 unspecified atom stereocenters. The molecule has 0 radical (unpaired) electrons. The van der Waals surface area contributed by atoms with E-state index in [9.17, 15) is 58.5 Å². The van der Waals surface area contributed by atoms with Crippen molar-refractivity contribution < 1.29 is 63.2 Å². The van der Waals surface area contributed by atoms with E-state index in [-0.39, 0.29) is 18.6 Å². The number of hydrogen-bond acceptors (Lipinski definition) is 13. The van der Waals surface area contributed by atoms with Crippen molar-refractivity contribution in [3.05, 3.63) is 23.8 Å². The number of carbonyl (C=O) groups excluding carboxylic acids is 8. The summed E-state index contributed by atoms with van der Waals surface area (Å²) in [5, 5.41) is 49.9. The maximum Gasteiger partial charge on any atom is 0.305 e. The van der Waals surface area contributed by atoms with Gasteiger partial charge >= 0.3 is 5.97 Å². The van der Waals surface area contributed by atoms with Crippen molar-refractivity contribution in [2.24, 2.45) is 11.8 Å². The number of carboxylic acid groups (broad SMARTS) is 1. The lowest BCUT2D eigenvalue weighted by Crippen LogP contribution is -2.61. The molecule has 0 spiro atoms. The monoisotopic (exact) mass is 901 g/mol. The number of H-pyrrole nitrogens is 1. The lowest BCUT2D eigenvalue weighted by atomic mass is 9.94. The van der Waals surface area contributed by atoms with Crippen LogP contribution in [0.3, 0.4) is 0 Å². The molecular formula is C40H55N9O13S. The third-order valence-corrected chi connectivity index (χ3v) is 12.7. The Labute approximate surface area is 366 Å². The molecule has 2 bridgehead atoms. The largest absolute Gasteiger partial charge is 0.497 e. The number of fused-ring (bicyclic) bond motifs is 5. The first-order valence-electron chi connectivity index (χ1n) is 20.6. The molecule has 10 atom stereocenters. The quantitative estimate of drug-likeness (QED) is 0.132. The number of hydrogen-bond donors (Lipinski definition) is 11. The topological polar surface area (TPSA) is 327 Å². The Bertz CT molecular complexity index is 2110. The maximum atomic E-state index is 14.4. The number of nitrogens with one attached hydrogen (secondary N) is 8. The molecule has 1 aromatic heterocycles. The number of carbonyl (C=O) groups is 9. The summed E-state index contributed by atoms with van der Waals surface area (Å²) >= 11 is 0.998. The van der Waals surface area contributed by atoms with E-state index >= 15 is 0 Å². The van der Waals surface area contributed by atoms with E-state index < -0.39 is 140 Å². The fourth-order valence-corrected chi connectivity index (χ4v) is 8.66. The maximum absolute atomic E-state index is 14.4. The van der Waals surface area contributed by atoms with Crippen molar-refractivity contribution in [2.75, 3.05) is 32.5 Å². The van der Waals surface area contributed by atoms with Gasteiger partial charge in [-0.3, -0.25) is 43.2 Å². The number of methoxy groups -OCH3 is 1. The first-order chi connectivity index (χ1) is 29.8. The Morgan fingerprint density at radius 1 is 0.857 bits per heavy atom. The molecule has 3 aliphatic heterocycles. The van der Waals surface area contributed by atoms with Crippen LogP contribution in [0.4, 0.5) is 0 Å².